The van der Waals surface area contributed by atoms with E-state index in [1.807, 2.05) is 6.07 Å². The first kappa shape index (κ1) is 22.4. The standard InChI is InChI=1S/C22H34ClN3O4/c1-13-21(2)7-8-26(20(21)25(4)12-24-13)19-18(28)22(3,29)17(30-19)10-14-5-6-16(23)9-15(14)11-27/h5-6,9,13,17-20,24,27-29H,7-8,10-12H2,1-4H3/t13?,17-,18+,19-,20?,21?,22-/m1/s1. The molecule has 30 heavy (non-hydrogen) atoms. The molecule has 7 atom stereocenters. The second-order valence-corrected chi connectivity index (χ2v) is 10.1. The van der Waals surface area contributed by atoms with E-state index in [-0.39, 0.29) is 18.2 Å². The monoisotopic (exact) mass is 439 g/mol. The van der Waals surface area contributed by atoms with E-state index in [1.165, 1.54) is 0 Å². The van der Waals surface area contributed by atoms with Crippen molar-refractivity contribution >= 4 is 11.6 Å². The van der Waals surface area contributed by atoms with E-state index >= 15 is 0 Å². The smallest absolute Gasteiger partial charge is 0.141 e. The molecule has 0 aromatic heterocycles. The van der Waals surface area contributed by atoms with Crippen molar-refractivity contribution in [2.45, 2.75) is 76.5 Å². The molecule has 0 amide bonds. The number of rotatable bonds is 4. The van der Waals surface area contributed by atoms with Gasteiger partial charge in [0.05, 0.1) is 18.9 Å². The molecular formula is C22H34ClN3O4. The highest BCUT2D eigenvalue weighted by atomic mass is 35.5. The molecule has 168 valence electrons. The third-order valence-corrected chi connectivity index (χ3v) is 8.00. The van der Waals surface area contributed by atoms with Crippen LogP contribution in [0.25, 0.3) is 0 Å². The molecule has 0 aliphatic carbocycles. The minimum Gasteiger partial charge on any atom is -0.392 e. The summed E-state index contributed by atoms with van der Waals surface area (Å²) >= 11 is 6.06. The van der Waals surface area contributed by atoms with Gasteiger partial charge in [0.25, 0.3) is 0 Å². The number of hydrogen-bond acceptors (Lipinski definition) is 7. The Morgan fingerprint density at radius 2 is 2.03 bits per heavy atom. The van der Waals surface area contributed by atoms with Crippen LogP contribution in [0.4, 0.5) is 0 Å². The fourth-order valence-corrected chi connectivity index (χ4v) is 5.77. The lowest BCUT2D eigenvalue weighted by molar-refractivity contribution is -0.144. The van der Waals surface area contributed by atoms with Crippen LogP contribution in [-0.2, 0) is 17.8 Å². The fourth-order valence-electron chi connectivity index (χ4n) is 5.58. The Balaban J connectivity index is 1.58. The van der Waals surface area contributed by atoms with Crippen LogP contribution in [0.3, 0.4) is 0 Å². The zero-order valence-corrected chi connectivity index (χ0v) is 18.9. The number of likely N-dealkylation sites (tertiary alicyclic amines) is 1. The topological polar surface area (TPSA) is 88.4 Å². The molecule has 7 nitrogen and oxygen atoms in total. The molecule has 1 aromatic carbocycles. The van der Waals surface area contributed by atoms with Crippen LogP contribution in [0, 0.1) is 5.41 Å². The van der Waals surface area contributed by atoms with E-state index in [4.69, 9.17) is 16.3 Å². The number of nitrogens with one attached hydrogen (secondary N) is 1. The van der Waals surface area contributed by atoms with Crippen molar-refractivity contribution in [3.8, 4) is 0 Å². The van der Waals surface area contributed by atoms with Crippen molar-refractivity contribution in [2.24, 2.45) is 5.41 Å². The number of aliphatic hydroxyl groups is 3. The van der Waals surface area contributed by atoms with Crippen molar-refractivity contribution in [3.63, 3.8) is 0 Å². The van der Waals surface area contributed by atoms with Gasteiger partial charge in [0.15, 0.2) is 0 Å². The molecule has 3 aliphatic rings. The van der Waals surface area contributed by atoms with Gasteiger partial charge in [-0.05, 0) is 50.6 Å². The molecule has 4 N–H and O–H groups in total. The average molecular weight is 440 g/mol. The first-order chi connectivity index (χ1) is 14.1. The number of aliphatic hydroxyl groups excluding tert-OH is 2. The van der Waals surface area contributed by atoms with Gasteiger partial charge in [-0.15, -0.1) is 0 Å². The summed E-state index contributed by atoms with van der Waals surface area (Å²) in [6, 6.07) is 5.69. The lowest BCUT2D eigenvalue weighted by Gasteiger charge is -2.50. The summed E-state index contributed by atoms with van der Waals surface area (Å²) in [4.78, 5) is 4.47. The lowest BCUT2D eigenvalue weighted by atomic mass is 9.77. The third-order valence-electron chi connectivity index (χ3n) is 7.76. The molecule has 4 rings (SSSR count). The van der Waals surface area contributed by atoms with E-state index < -0.39 is 24.0 Å². The summed E-state index contributed by atoms with van der Waals surface area (Å²) in [6.07, 6.45) is -0.729. The van der Waals surface area contributed by atoms with Crippen molar-refractivity contribution < 1.29 is 20.1 Å². The summed E-state index contributed by atoms with van der Waals surface area (Å²) < 4.78 is 6.35. The molecule has 3 unspecified atom stereocenters. The Bertz CT molecular complexity index is 794. The van der Waals surface area contributed by atoms with Gasteiger partial charge in [0.1, 0.15) is 17.9 Å². The molecular weight excluding hydrogens is 406 g/mol. The predicted octanol–water partition coefficient (Wildman–Crippen LogP) is 1.13. The van der Waals surface area contributed by atoms with E-state index in [2.05, 4.69) is 36.0 Å². The molecule has 0 radical (unpaired) electrons. The van der Waals surface area contributed by atoms with E-state index in [1.54, 1.807) is 19.1 Å². The lowest BCUT2D eigenvalue weighted by Crippen LogP contribution is -2.66. The molecule has 1 aromatic rings. The number of hydrogen-bond donors (Lipinski definition) is 4. The van der Waals surface area contributed by atoms with E-state index in [0.29, 0.717) is 23.0 Å². The summed E-state index contributed by atoms with van der Waals surface area (Å²) in [7, 11) is 2.08. The number of halogens is 1. The highest BCUT2D eigenvalue weighted by Crippen LogP contribution is 2.47. The molecule has 3 heterocycles. The number of ether oxygens (including phenoxy) is 1. The molecule has 3 fully saturated rings. The van der Waals surface area contributed by atoms with Crippen LogP contribution in [0.5, 0.6) is 0 Å². The van der Waals surface area contributed by atoms with Crippen LogP contribution in [0.1, 0.15) is 38.3 Å². The summed E-state index contributed by atoms with van der Waals surface area (Å²) in [5.74, 6) is 0. The minimum atomic E-state index is -1.41. The zero-order chi connectivity index (χ0) is 21.8. The van der Waals surface area contributed by atoms with Crippen molar-refractivity contribution in [1.29, 1.82) is 0 Å². The second kappa shape index (κ2) is 7.98. The number of fused-ring (bicyclic) bond motifs is 1. The Labute approximate surface area is 183 Å². The Hall–Kier alpha value is -0.770. The van der Waals surface area contributed by atoms with Gasteiger partial charge in [0.2, 0.25) is 0 Å². The highest BCUT2D eigenvalue weighted by Gasteiger charge is 2.60. The molecule has 0 bridgehead atoms. The maximum absolute atomic E-state index is 11.2. The van der Waals surface area contributed by atoms with Gasteiger partial charge in [-0.2, -0.15) is 0 Å². The Morgan fingerprint density at radius 1 is 1.30 bits per heavy atom. The number of nitrogens with zero attached hydrogens (tertiary/aromatic N) is 2. The van der Waals surface area contributed by atoms with Gasteiger partial charge in [-0.25, -0.2) is 0 Å². The van der Waals surface area contributed by atoms with Gasteiger partial charge >= 0.3 is 0 Å². The first-order valence-electron chi connectivity index (χ1n) is 10.7. The minimum absolute atomic E-state index is 0.0280. The van der Waals surface area contributed by atoms with Crippen LogP contribution >= 0.6 is 11.6 Å². The summed E-state index contributed by atoms with van der Waals surface area (Å²) in [5, 5.41) is 36.1. The van der Waals surface area contributed by atoms with Gasteiger partial charge in [0, 0.05) is 36.1 Å². The largest absolute Gasteiger partial charge is 0.392 e. The maximum atomic E-state index is 11.2. The van der Waals surface area contributed by atoms with Gasteiger partial charge < -0.3 is 25.4 Å². The van der Waals surface area contributed by atoms with Crippen molar-refractivity contribution in [2.75, 3.05) is 20.3 Å². The highest BCUT2D eigenvalue weighted by molar-refractivity contribution is 6.30. The Kier molecular flexibility index (Phi) is 5.96. The van der Waals surface area contributed by atoms with Crippen LogP contribution in [0.15, 0.2) is 18.2 Å². The SMILES string of the molecule is CC1NCN(C)C2N([C@@H]3O[C@H](Cc4ccc(Cl)cc4CO)[C@@](C)(O)[C@H]3O)CCC12C. The molecule has 3 aliphatic heterocycles. The Morgan fingerprint density at radius 3 is 2.73 bits per heavy atom. The van der Waals surface area contributed by atoms with Gasteiger partial charge in [-0.1, -0.05) is 24.6 Å². The molecule has 8 heteroatoms. The summed E-state index contributed by atoms with van der Waals surface area (Å²) in [5.41, 5.74) is 0.187. The van der Waals surface area contributed by atoms with Crippen LogP contribution < -0.4 is 5.32 Å². The predicted molar refractivity (Wildman–Crippen MR) is 115 cm³/mol. The molecule has 0 saturated carbocycles. The third kappa shape index (κ3) is 3.49. The first-order valence-corrected chi connectivity index (χ1v) is 11.1. The van der Waals surface area contributed by atoms with Gasteiger partial charge in [-0.3, -0.25) is 9.80 Å². The summed E-state index contributed by atoms with van der Waals surface area (Å²) in [6.45, 7) is 7.56. The zero-order valence-electron chi connectivity index (χ0n) is 18.2. The normalized spacial score (nSPS) is 42.6. The quantitative estimate of drug-likeness (QED) is 0.559. The fraction of sp³-hybridized carbons (Fsp3) is 0.727. The number of benzene rings is 1. The second-order valence-electron chi connectivity index (χ2n) is 9.67. The molecule has 3 saturated heterocycles. The average Bonchev–Trinajstić information content (AvgIpc) is 3.17. The van der Waals surface area contributed by atoms with Crippen molar-refractivity contribution in [3.05, 3.63) is 34.3 Å². The maximum Gasteiger partial charge on any atom is 0.141 e. The van der Waals surface area contributed by atoms with Crippen molar-refractivity contribution in [1.82, 2.24) is 15.1 Å². The molecule has 0 spiro atoms. The van der Waals surface area contributed by atoms with Crippen LogP contribution in [-0.4, -0.2) is 81.6 Å². The van der Waals surface area contributed by atoms with Crippen LogP contribution in [0.2, 0.25) is 5.02 Å². The van der Waals surface area contributed by atoms with E-state index in [0.717, 1.165) is 25.2 Å². The van der Waals surface area contributed by atoms with E-state index in [9.17, 15) is 15.3 Å².